The predicted octanol–water partition coefficient (Wildman–Crippen LogP) is 4.11. The van der Waals surface area contributed by atoms with Crippen LogP contribution in [-0.2, 0) is 0 Å². The molecule has 72 valence electrons. The molecule has 0 heteroatoms. The minimum Gasteiger partial charge on any atom is -0.0751 e. The second-order valence-electron chi connectivity index (χ2n) is 5.39. The predicted molar refractivity (Wildman–Crippen MR) is 59.6 cm³/mol. The second-order valence-corrected chi connectivity index (χ2v) is 5.39. The molecule has 0 spiro atoms. The fourth-order valence-corrected chi connectivity index (χ4v) is 1.32. The maximum Gasteiger partial charge on any atom is 0.00107 e. The first-order valence-corrected chi connectivity index (χ1v) is 4.90. The van der Waals surface area contributed by atoms with Crippen molar-refractivity contribution in [3.05, 3.63) is 36.0 Å². The maximum absolute atomic E-state index is 2.27. The van der Waals surface area contributed by atoms with E-state index in [1.165, 1.54) is 5.57 Å². The summed E-state index contributed by atoms with van der Waals surface area (Å²) in [5.41, 5.74) is 1.85. The van der Waals surface area contributed by atoms with Crippen LogP contribution < -0.4 is 0 Å². The van der Waals surface area contributed by atoms with Crippen molar-refractivity contribution in [2.45, 2.75) is 34.6 Å². The zero-order valence-electron chi connectivity index (χ0n) is 9.39. The van der Waals surface area contributed by atoms with Crippen LogP contribution in [0.3, 0.4) is 0 Å². The van der Waals surface area contributed by atoms with Crippen LogP contribution in [0, 0.1) is 10.8 Å². The van der Waals surface area contributed by atoms with Gasteiger partial charge in [0, 0.05) is 5.41 Å². The molecular weight excluding hydrogens is 156 g/mol. The molecule has 0 unspecified atom stereocenters. The van der Waals surface area contributed by atoms with Crippen LogP contribution in [0.2, 0.25) is 0 Å². The SMILES string of the molecule is CC1(C)C=CC=C(C(C)(C)C)C=C1. The van der Waals surface area contributed by atoms with E-state index in [9.17, 15) is 0 Å². The van der Waals surface area contributed by atoms with E-state index in [4.69, 9.17) is 0 Å². The summed E-state index contributed by atoms with van der Waals surface area (Å²) in [6, 6.07) is 0. The van der Waals surface area contributed by atoms with E-state index < -0.39 is 0 Å². The largest absolute Gasteiger partial charge is 0.0751 e. The van der Waals surface area contributed by atoms with E-state index in [2.05, 4.69) is 65.0 Å². The Hall–Kier alpha value is -0.780. The molecule has 0 radical (unpaired) electrons. The smallest absolute Gasteiger partial charge is 0.00107 e. The molecular formula is C13H20. The third kappa shape index (κ3) is 2.87. The topological polar surface area (TPSA) is 0 Å². The first kappa shape index (κ1) is 10.3. The monoisotopic (exact) mass is 176 g/mol. The van der Waals surface area contributed by atoms with Gasteiger partial charge < -0.3 is 0 Å². The second kappa shape index (κ2) is 3.17. The van der Waals surface area contributed by atoms with Crippen molar-refractivity contribution in [1.82, 2.24) is 0 Å². The van der Waals surface area contributed by atoms with Crippen LogP contribution >= 0.6 is 0 Å². The summed E-state index contributed by atoms with van der Waals surface area (Å²) in [6.45, 7) is 11.2. The lowest BCUT2D eigenvalue weighted by Crippen LogP contribution is -2.07. The third-order valence-electron chi connectivity index (χ3n) is 2.36. The molecule has 0 amide bonds. The third-order valence-corrected chi connectivity index (χ3v) is 2.36. The number of hydrogen-bond acceptors (Lipinski definition) is 0. The number of allylic oxidation sites excluding steroid dienone is 6. The Bertz CT molecular complexity index is 267. The Morgan fingerprint density at radius 3 is 2.23 bits per heavy atom. The van der Waals surface area contributed by atoms with Crippen molar-refractivity contribution < 1.29 is 0 Å². The number of rotatable bonds is 0. The van der Waals surface area contributed by atoms with Crippen LogP contribution in [-0.4, -0.2) is 0 Å². The Kier molecular flexibility index (Phi) is 2.51. The molecule has 0 heterocycles. The lowest BCUT2D eigenvalue weighted by molar-refractivity contribution is 0.516. The number of hydrogen-bond donors (Lipinski definition) is 0. The van der Waals surface area contributed by atoms with E-state index in [0.717, 1.165) is 0 Å². The molecule has 1 aliphatic rings. The van der Waals surface area contributed by atoms with Gasteiger partial charge >= 0.3 is 0 Å². The van der Waals surface area contributed by atoms with E-state index >= 15 is 0 Å². The summed E-state index contributed by atoms with van der Waals surface area (Å²) in [5.74, 6) is 0. The average Bonchev–Trinajstić information content (AvgIpc) is 2.08. The van der Waals surface area contributed by atoms with Gasteiger partial charge in [-0.2, -0.15) is 0 Å². The summed E-state index contributed by atoms with van der Waals surface area (Å²) in [5, 5.41) is 0. The Labute approximate surface area is 82.0 Å². The van der Waals surface area contributed by atoms with Crippen molar-refractivity contribution in [3.8, 4) is 0 Å². The summed E-state index contributed by atoms with van der Waals surface area (Å²) in [4.78, 5) is 0. The van der Waals surface area contributed by atoms with E-state index in [1.54, 1.807) is 0 Å². The van der Waals surface area contributed by atoms with Crippen LogP contribution in [0.1, 0.15) is 34.6 Å². The van der Waals surface area contributed by atoms with Gasteiger partial charge in [-0.25, -0.2) is 0 Å². The highest BCUT2D eigenvalue weighted by Crippen LogP contribution is 2.31. The fourth-order valence-electron chi connectivity index (χ4n) is 1.32. The lowest BCUT2D eigenvalue weighted by atomic mass is 9.85. The van der Waals surface area contributed by atoms with Crippen LogP contribution in [0.15, 0.2) is 36.0 Å². The molecule has 0 fully saturated rings. The van der Waals surface area contributed by atoms with E-state index in [-0.39, 0.29) is 10.8 Å². The van der Waals surface area contributed by atoms with E-state index in [1.807, 2.05) is 0 Å². The molecule has 0 nitrogen and oxygen atoms in total. The summed E-state index contributed by atoms with van der Waals surface area (Å²) >= 11 is 0. The van der Waals surface area contributed by atoms with Crippen molar-refractivity contribution in [2.24, 2.45) is 10.8 Å². The zero-order valence-corrected chi connectivity index (χ0v) is 9.39. The van der Waals surface area contributed by atoms with Gasteiger partial charge in [-0.15, -0.1) is 0 Å². The van der Waals surface area contributed by atoms with Gasteiger partial charge in [0.05, 0.1) is 0 Å². The average molecular weight is 176 g/mol. The highest BCUT2D eigenvalue weighted by molar-refractivity contribution is 5.34. The summed E-state index contributed by atoms with van der Waals surface area (Å²) < 4.78 is 0. The molecule has 0 aliphatic heterocycles. The Morgan fingerprint density at radius 2 is 1.69 bits per heavy atom. The first-order valence-electron chi connectivity index (χ1n) is 4.90. The zero-order chi connectivity index (χ0) is 10.1. The van der Waals surface area contributed by atoms with Crippen molar-refractivity contribution in [3.63, 3.8) is 0 Å². The fraction of sp³-hybridized carbons (Fsp3) is 0.538. The molecule has 0 saturated carbocycles. The van der Waals surface area contributed by atoms with Gasteiger partial charge in [0.2, 0.25) is 0 Å². The molecule has 0 aromatic heterocycles. The lowest BCUT2D eigenvalue weighted by Gasteiger charge is -2.20. The van der Waals surface area contributed by atoms with Gasteiger partial charge in [0.1, 0.15) is 0 Å². The Balaban J connectivity index is 2.96. The molecule has 13 heavy (non-hydrogen) atoms. The Morgan fingerprint density at radius 1 is 1.08 bits per heavy atom. The van der Waals surface area contributed by atoms with Gasteiger partial charge in [0.15, 0.2) is 0 Å². The molecule has 0 atom stereocenters. The maximum atomic E-state index is 2.27. The van der Waals surface area contributed by atoms with Gasteiger partial charge in [-0.1, -0.05) is 65.0 Å². The van der Waals surface area contributed by atoms with Gasteiger partial charge in [-0.05, 0) is 11.0 Å². The summed E-state index contributed by atoms with van der Waals surface area (Å²) in [7, 11) is 0. The molecule has 0 aromatic carbocycles. The first-order chi connectivity index (χ1) is 5.81. The van der Waals surface area contributed by atoms with Crippen molar-refractivity contribution >= 4 is 0 Å². The molecule has 0 N–H and O–H groups in total. The quantitative estimate of drug-likeness (QED) is 0.521. The summed E-state index contributed by atoms with van der Waals surface area (Å²) in [6.07, 6.45) is 11.1. The standard InChI is InChI=1S/C13H20/c1-12(2,3)11-7-6-9-13(4,5)10-8-11/h6-10H,1-5H3. The van der Waals surface area contributed by atoms with Crippen LogP contribution in [0.25, 0.3) is 0 Å². The molecule has 0 saturated heterocycles. The molecule has 1 aliphatic carbocycles. The molecule has 1 rings (SSSR count). The van der Waals surface area contributed by atoms with Crippen LogP contribution in [0.4, 0.5) is 0 Å². The van der Waals surface area contributed by atoms with Gasteiger partial charge in [0.25, 0.3) is 0 Å². The molecule has 0 aromatic rings. The van der Waals surface area contributed by atoms with Crippen molar-refractivity contribution in [1.29, 1.82) is 0 Å². The minimum atomic E-state index is 0.198. The normalized spacial score (nSPS) is 21.2. The highest BCUT2D eigenvalue weighted by Gasteiger charge is 2.17. The molecule has 0 bridgehead atoms. The van der Waals surface area contributed by atoms with E-state index in [0.29, 0.717) is 0 Å². The highest BCUT2D eigenvalue weighted by atomic mass is 14.2. The minimum absolute atomic E-state index is 0.198. The van der Waals surface area contributed by atoms with Crippen LogP contribution in [0.5, 0.6) is 0 Å². The van der Waals surface area contributed by atoms with Crippen molar-refractivity contribution in [2.75, 3.05) is 0 Å². The van der Waals surface area contributed by atoms with Gasteiger partial charge in [-0.3, -0.25) is 0 Å².